The van der Waals surface area contributed by atoms with E-state index in [9.17, 15) is 14.7 Å². The van der Waals surface area contributed by atoms with Gasteiger partial charge < -0.3 is 9.84 Å². The van der Waals surface area contributed by atoms with E-state index in [-0.39, 0.29) is 23.1 Å². The number of carbonyl (C=O) groups is 2. The lowest BCUT2D eigenvalue weighted by molar-refractivity contribution is -0.132. The Bertz CT molecular complexity index is 1570. The van der Waals surface area contributed by atoms with Crippen LogP contribution in [0.5, 0.6) is 5.75 Å². The first-order valence-electron chi connectivity index (χ1n) is 11.7. The van der Waals surface area contributed by atoms with Crippen molar-refractivity contribution in [1.29, 1.82) is 0 Å². The molecule has 196 valence electrons. The van der Waals surface area contributed by atoms with E-state index in [1.54, 1.807) is 42.5 Å². The first-order valence-corrected chi connectivity index (χ1v) is 13.9. The molecule has 1 saturated heterocycles. The molecule has 1 amide bonds. The van der Waals surface area contributed by atoms with Gasteiger partial charge in [-0.05, 0) is 41.5 Å². The topological polar surface area (TPSA) is 106 Å². The van der Waals surface area contributed by atoms with Crippen molar-refractivity contribution in [3.63, 3.8) is 0 Å². The highest BCUT2D eigenvalue weighted by molar-refractivity contribution is 8.00. The number of aliphatic hydroxyl groups is 1. The monoisotopic (exact) mass is 576 g/mol. The number of pyridine rings is 1. The molecule has 0 spiro atoms. The molecule has 11 heteroatoms. The Kier molecular flexibility index (Phi) is 8.06. The number of nitrogens with zero attached hydrogens (tertiary/aromatic N) is 4. The Balaban J connectivity index is 1.55. The molecule has 4 aromatic rings. The van der Waals surface area contributed by atoms with Crippen molar-refractivity contribution in [2.75, 3.05) is 11.5 Å². The fraction of sp³-hybridized carbons (Fsp3) is 0.107. The fourth-order valence-electron chi connectivity index (χ4n) is 4.05. The maximum absolute atomic E-state index is 13.4. The van der Waals surface area contributed by atoms with Gasteiger partial charge in [0.25, 0.3) is 5.78 Å². The van der Waals surface area contributed by atoms with Crippen LogP contribution in [0.3, 0.4) is 0 Å². The number of amides is 1. The van der Waals surface area contributed by atoms with Gasteiger partial charge in [0.05, 0.1) is 11.6 Å². The summed E-state index contributed by atoms with van der Waals surface area (Å²) >= 11 is 8.88. The van der Waals surface area contributed by atoms with E-state index >= 15 is 0 Å². The summed E-state index contributed by atoms with van der Waals surface area (Å²) in [7, 11) is 0. The fourth-order valence-corrected chi connectivity index (χ4v) is 6.21. The van der Waals surface area contributed by atoms with Crippen LogP contribution in [0, 0.1) is 0 Å². The zero-order valence-corrected chi connectivity index (χ0v) is 22.7. The van der Waals surface area contributed by atoms with Crippen LogP contribution in [0.1, 0.15) is 22.7 Å². The van der Waals surface area contributed by atoms with E-state index in [2.05, 4.69) is 21.8 Å². The van der Waals surface area contributed by atoms with Gasteiger partial charge in [0.15, 0.2) is 4.34 Å². The predicted octanol–water partition coefficient (Wildman–Crippen LogP) is 6.07. The van der Waals surface area contributed by atoms with Crippen LogP contribution < -0.4 is 9.64 Å². The molecule has 3 heterocycles. The van der Waals surface area contributed by atoms with Crippen LogP contribution in [-0.2, 0) is 15.3 Å². The molecule has 5 rings (SSSR count). The molecule has 1 N–H and O–H groups in total. The number of hydrogen-bond acceptors (Lipinski definition) is 9. The summed E-state index contributed by atoms with van der Waals surface area (Å²) in [5.74, 6) is -0.867. The molecule has 1 aliphatic heterocycles. The lowest BCUT2D eigenvalue weighted by Gasteiger charge is -2.23. The van der Waals surface area contributed by atoms with Crippen molar-refractivity contribution in [2.24, 2.45) is 0 Å². The van der Waals surface area contributed by atoms with Crippen molar-refractivity contribution < 1.29 is 19.4 Å². The lowest BCUT2D eigenvalue weighted by atomic mass is 9.95. The van der Waals surface area contributed by atoms with Crippen LogP contribution in [0.25, 0.3) is 5.76 Å². The van der Waals surface area contributed by atoms with Crippen molar-refractivity contribution in [3.8, 4) is 5.75 Å². The van der Waals surface area contributed by atoms with Gasteiger partial charge in [0, 0.05) is 28.7 Å². The number of aliphatic hydroxyl groups excluding tert-OH is 1. The maximum atomic E-state index is 13.4. The number of rotatable bonds is 9. The highest BCUT2D eigenvalue weighted by atomic mass is 35.5. The van der Waals surface area contributed by atoms with E-state index in [1.807, 2.05) is 24.3 Å². The van der Waals surface area contributed by atoms with E-state index < -0.39 is 17.7 Å². The molecule has 1 aliphatic rings. The minimum absolute atomic E-state index is 0.0625. The van der Waals surface area contributed by atoms with Crippen LogP contribution in [0.2, 0.25) is 5.02 Å². The predicted molar refractivity (Wildman–Crippen MR) is 152 cm³/mol. The lowest BCUT2D eigenvalue weighted by Crippen LogP contribution is -2.29. The number of ether oxygens (including phenoxy) is 1. The Labute approximate surface area is 237 Å². The summed E-state index contributed by atoms with van der Waals surface area (Å²) in [6.45, 7) is 3.95. The zero-order valence-electron chi connectivity index (χ0n) is 20.4. The standard InChI is InChI=1S/C28H21ClN4O4S2/c1-2-14-37-20-8-5-7-18(15-20)23-22(24(34)17-10-12-30-13-11-17)25(35)26(36)33(23)27-31-32-28(39-27)38-16-19-6-3-4-9-21(19)29/h2-13,15,23,34H,1,14,16H2. The first-order chi connectivity index (χ1) is 19.0. The second-order valence-electron chi connectivity index (χ2n) is 8.31. The summed E-state index contributed by atoms with van der Waals surface area (Å²) in [5.41, 5.74) is 1.80. The molecule has 0 bridgehead atoms. The number of anilines is 1. The van der Waals surface area contributed by atoms with Crippen molar-refractivity contribution in [3.05, 3.63) is 113 Å². The van der Waals surface area contributed by atoms with Gasteiger partial charge >= 0.3 is 5.91 Å². The number of aromatic nitrogens is 3. The Morgan fingerprint density at radius 3 is 2.69 bits per heavy atom. The largest absolute Gasteiger partial charge is 0.507 e. The van der Waals surface area contributed by atoms with Gasteiger partial charge in [-0.3, -0.25) is 19.5 Å². The van der Waals surface area contributed by atoms with E-state index in [0.29, 0.717) is 32.0 Å². The number of benzene rings is 2. The second kappa shape index (κ2) is 11.8. The Morgan fingerprint density at radius 1 is 1.13 bits per heavy atom. The van der Waals surface area contributed by atoms with Gasteiger partial charge in [-0.25, -0.2) is 0 Å². The third kappa shape index (κ3) is 5.58. The Morgan fingerprint density at radius 2 is 1.92 bits per heavy atom. The molecular formula is C28H21ClN4O4S2. The van der Waals surface area contributed by atoms with Gasteiger partial charge in [-0.2, -0.15) is 0 Å². The third-order valence-electron chi connectivity index (χ3n) is 5.85. The van der Waals surface area contributed by atoms with Gasteiger partial charge in [0.2, 0.25) is 5.13 Å². The van der Waals surface area contributed by atoms with Gasteiger partial charge in [0.1, 0.15) is 18.1 Å². The molecule has 2 aromatic carbocycles. The Hall–Kier alpha value is -3.99. The molecule has 2 aromatic heterocycles. The maximum Gasteiger partial charge on any atom is 0.301 e. The minimum atomic E-state index is -0.959. The van der Waals surface area contributed by atoms with Gasteiger partial charge in [-0.15, -0.1) is 10.2 Å². The number of hydrogen-bond donors (Lipinski definition) is 1. The normalized spacial score (nSPS) is 16.4. The number of halogens is 1. The smallest absolute Gasteiger partial charge is 0.301 e. The molecule has 39 heavy (non-hydrogen) atoms. The molecule has 1 fully saturated rings. The van der Waals surface area contributed by atoms with Crippen LogP contribution in [0.15, 0.2) is 95.6 Å². The molecule has 1 atom stereocenters. The molecule has 0 aliphatic carbocycles. The van der Waals surface area contributed by atoms with E-state index in [0.717, 1.165) is 5.56 Å². The average molecular weight is 577 g/mol. The van der Waals surface area contributed by atoms with Crippen molar-refractivity contribution in [1.82, 2.24) is 15.2 Å². The highest BCUT2D eigenvalue weighted by Crippen LogP contribution is 2.44. The second-order valence-corrected chi connectivity index (χ2v) is 10.9. The number of Topliss-reactive ketones (excluding diaryl/α,β-unsaturated/α-hetero) is 1. The van der Waals surface area contributed by atoms with Crippen LogP contribution in [0.4, 0.5) is 5.13 Å². The van der Waals surface area contributed by atoms with Crippen LogP contribution >= 0.6 is 34.7 Å². The molecular weight excluding hydrogens is 556 g/mol. The number of carbonyl (C=O) groups excluding carboxylic acids is 2. The number of thioether (sulfide) groups is 1. The van der Waals surface area contributed by atoms with Crippen LogP contribution in [-0.4, -0.2) is 38.6 Å². The van der Waals surface area contributed by atoms with Gasteiger partial charge in [-0.1, -0.05) is 77.7 Å². The summed E-state index contributed by atoms with van der Waals surface area (Å²) in [6, 6.07) is 16.7. The summed E-state index contributed by atoms with van der Waals surface area (Å²) in [6.07, 6.45) is 4.61. The summed E-state index contributed by atoms with van der Waals surface area (Å²) in [4.78, 5) is 32.0. The summed E-state index contributed by atoms with van der Waals surface area (Å²) in [5, 5.41) is 20.6. The molecule has 8 nitrogen and oxygen atoms in total. The summed E-state index contributed by atoms with van der Waals surface area (Å²) < 4.78 is 6.29. The van der Waals surface area contributed by atoms with E-state index in [4.69, 9.17) is 16.3 Å². The quantitative estimate of drug-likeness (QED) is 0.0639. The first kappa shape index (κ1) is 26.6. The minimum Gasteiger partial charge on any atom is -0.507 e. The van der Waals surface area contributed by atoms with Crippen molar-refractivity contribution >= 4 is 57.3 Å². The van der Waals surface area contributed by atoms with Crippen molar-refractivity contribution in [2.45, 2.75) is 16.1 Å². The molecule has 0 saturated carbocycles. The zero-order chi connectivity index (χ0) is 27.4. The third-order valence-corrected chi connectivity index (χ3v) is 8.32. The average Bonchev–Trinajstić information content (AvgIpc) is 3.53. The molecule has 1 unspecified atom stereocenters. The van der Waals surface area contributed by atoms with E-state index in [1.165, 1.54) is 40.4 Å². The SMILES string of the molecule is C=CCOc1cccc(C2C(=C(O)c3ccncc3)C(=O)C(=O)N2c2nnc(SCc3ccccc3Cl)s2)c1. The number of ketones is 1. The molecule has 0 radical (unpaired) electrons. The highest BCUT2D eigenvalue weighted by Gasteiger charge is 2.48.